The Labute approximate surface area is 128 Å². The molecule has 2 nitrogen and oxygen atoms in total. The molecule has 0 aliphatic carbocycles. The van der Waals surface area contributed by atoms with E-state index in [-0.39, 0.29) is 5.82 Å². The molecular weight excluding hydrogens is 375 g/mol. The highest BCUT2D eigenvalue weighted by Gasteiger charge is 2.10. The fourth-order valence-electron chi connectivity index (χ4n) is 1.88. The minimum atomic E-state index is -0.255. The van der Waals surface area contributed by atoms with Crippen LogP contribution in [0, 0.1) is 5.82 Å². The van der Waals surface area contributed by atoms with Crippen LogP contribution in [0.15, 0.2) is 45.3 Å². The third-order valence-electron chi connectivity index (χ3n) is 2.84. The maximum absolute atomic E-state index is 13.5. The summed E-state index contributed by atoms with van der Waals surface area (Å²) in [7, 11) is 1.93. The monoisotopic (exact) mass is 386 g/mol. The zero-order valence-electron chi connectivity index (χ0n) is 10.3. The van der Waals surface area contributed by atoms with Crippen molar-refractivity contribution < 1.29 is 4.39 Å². The highest BCUT2D eigenvalue weighted by molar-refractivity contribution is 9.10. The third kappa shape index (κ3) is 3.28. The molecule has 0 aliphatic heterocycles. The third-order valence-corrected chi connectivity index (χ3v) is 4.22. The van der Waals surface area contributed by atoms with Gasteiger partial charge in [-0.2, -0.15) is 0 Å². The first-order valence-corrected chi connectivity index (χ1v) is 7.26. The number of halogens is 3. The molecule has 2 aromatic rings. The van der Waals surface area contributed by atoms with Gasteiger partial charge in [-0.15, -0.1) is 0 Å². The van der Waals surface area contributed by atoms with E-state index >= 15 is 0 Å². The highest BCUT2D eigenvalue weighted by atomic mass is 79.9. The fraction of sp³-hybridized carbons (Fsp3) is 0.143. The van der Waals surface area contributed by atoms with Gasteiger partial charge in [0.2, 0.25) is 0 Å². The summed E-state index contributed by atoms with van der Waals surface area (Å²) in [6.07, 6.45) is 0. The second-order valence-corrected chi connectivity index (χ2v) is 5.98. The van der Waals surface area contributed by atoms with Crippen LogP contribution in [0.5, 0.6) is 0 Å². The molecule has 0 amide bonds. The lowest BCUT2D eigenvalue weighted by molar-refractivity contribution is 0.617. The van der Waals surface area contributed by atoms with Gasteiger partial charge < -0.3 is 10.6 Å². The van der Waals surface area contributed by atoms with Crippen LogP contribution in [0.2, 0.25) is 0 Å². The average Bonchev–Trinajstić information content (AvgIpc) is 2.34. The molecule has 0 aromatic heterocycles. The molecule has 0 fully saturated rings. The van der Waals surface area contributed by atoms with Crippen molar-refractivity contribution in [1.82, 2.24) is 0 Å². The molecule has 0 unspecified atom stereocenters. The standard InChI is InChI=1S/C14H13Br2FN2/c1-19(13-6-5-10(15)7-12(13)18)8-9-3-2-4-11(17)14(9)16/h2-7H,8,18H2,1H3. The van der Waals surface area contributed by atoms with Gasteiger partial charge >= 0.3 is 0 Å². The maximum Gasteiger partial charge on any atom is 0.137 e. The summed E-state index contributed by atoms with van der Waals surface area (Å²) in [4.78, 5) is 1.99. The first kappa shape index (κ1) is 14.3. The van der Waals surface area contributed by atoms with E-state index < -0.39 is 0 Å². The predicted octanol–water partition coefficient (Wildman–Crippen LogP) is 4.57. The zero-order chi connectivity index (χ0) is 14.0. The van der Waals surface area contributed by atoms with Crippen LogP contribution in [0.25, 0.3) is 0 Å². The fourth-order valence-corrected chi connectivity index (χ4v) is 2.65. The largest absolute Gasteiger partial charge is 0.397 e. The number of benzene rings is 2. The van der Waals surface area contributed by atoms with Crippen molar-refractivity contribution in [3.8, 4) is 0 Å². The van der Waals surface area contributed by atoms with Crippen LogP contribution in [-0.4, -0.2) is 7.05 Å². The Morgan fingerprint density at radius 2 is 1.95 bits per heavy atom. The molecule has 5 heteroatoms. The Bertz CT molecular complexity index is 602. The number of rotatable bonds is 3. The van der Waals surface area contributed by atoms with Gasteiger partial charge in [0.25, 0.3) is 0 Å². The van der Waals surface area contributed by atoms with Gasteiger partial charge in [-0.25, -0.2) is 4.39 Å². The highest BCUT2D eigenvalue weighted by Crippen LogP contribution is 2.28. The summed E-state index contributed by atoms with van der Waals surface area (Å²) in [5, 5.41) is 0. The molecule has 0 atom stereocenters. The average molecular weight is 388 g/mol. The predicted molar refractivity (Wildman–Crippen MR) is 84.8 cm³/mol. The second-order valence-electron chi connectivity index (χ2n) is 4.27. The summed E-state index contributed by atoms with van der Waals surface area (Å²) < 4.78 is 14.9. The summed E-state index contributed by atoms with van der Waals surface area (Å²) in [6, 6.07) is 10.7. The van der Waals surface area contributed by atoms with E-state index in [0.29, 0.717) is 16.7 Å². The first-order chi connectivity index (χ1) is 8.99. The van der Waals surface area contributed by atoms with Gasteiger partial charge in [0, 0.05) is 18.1 Å². The lowest BCUT2D eigenvalue weighted by atomic mass is 10.2. The van der Waals surface area contributed by atoms with Crippen LogP contribution in [0.1, 0.15) is 5.56 Å². The van der Waals surface area contributed by atoms with Gasteiger partial charge in [-0.1, -0.05) is 28.1 Å². The van der Waals surface area contributed by atoms with Gasteiger partial charge in [-0.3, -0.25) is 0 Å². The van der Waals surface area contributed by atoms with E-state index in [1.54, 1.807) is 6.07 Å². The molecule has 100 valence electrons. The number of nitrogen functional groups attached to an aromatic ring is 1. The minimum Gasteiger partial charge on any atom is -0.397 e. The van der Waals surface area contributed by atoms with Gasteiger partial charge in [-0.05, 0) is 45.8 Å². The van der Waals surface area contributed by atoms with E-state index in [2.05, 4.69) is 31.9 Å². The van der Waals surface area contributed by atoms with Crippen molar-refractivity contribution in [3.05, 3.63) is 56.7 Å². The number of anilines is 2. The van der Waals surface area contributed by atoms with Crippen molar-refractivity contribution in [3.63, 3.8) is 0 Å². The second kappa shape index (κ2) is 5.92. The first-order valence-electron chi connectivity index (χ1n) is 5.68. The quantitative estimate of drug-likeness (QED) is 0.781. The van der Waals surface area contributed by atoms with Gasteiger partial charge in [0.05, 0.1) is 15.8 Å². The molecule has 0 bridgehead atoms. The Morgan fingerprint density at radius 3 is 2.63 bits per heavy atom. The molecular formula is C14H13Br2FN2. The van der Waals surface area contributed by atoms with Crippen molar-refractivity contribution in [1.29, 1.82) is 0 Å². The number of nitrogens with zero attached hydrogens (tertiary/aromatic N) is 1. The van der Waals surface area contributed by atoms with Crippen molar-refractivity contribution in [2.24, 2.45) is 0 Å². The minimum absolute atomic E-state index is 0.255. The Hall–Kier alpha value is -1.07. The summed E-state index contributed by atoms with van der Waals surface area (Å²) in [5.41, 5.74) is 8.47. The molecule has 0 spiro atoms. The van der Waals surface area contributed by atoms with Crippen molar-refractivity contribution in [2.75, 3.05) is 17.7 Å². The van der Waals surface area contributed by atoms with E-state index in [1.807, 2.05) is 36.2 Å². The van der Waals surface area contributed by atoms with E-state index in [1.165, 1.54) is 6.07 Å². The summed E-state index contributed by atoms with van der Waals surface area (Å²) >= 11 is 6.65. The molecule has 2 rings (SSSR count). The molecule has 0 saturated heterocycles. The number of hydrogen-bond acceptors (Lipinski definition) is 2. The normalized spacial score (nSPS) is 10.5. The molecule has 0 aliphatic rings. The van der Waals surface area contributed by atoms with Crippen molar-refractivity contribution in [2.45, 2.75) is 6.54 Å². The van der Waals surface area contributed by atoms with Crippen LogP contribution in [0.4, 0.5) is 15.8 Å². The lowest BCUT2D eigenvalue weighted by Crippen LogP contribution is -2.18. The van der Waals surface area contributed by atoms with Gasteiger partial charge in [0.1, 0.15) is 5.82 Å². The summed E-state index contributed by atoms with van der Waals surface area (Å²) in [6.45, 7) is 0.574. The Balaban J connectivity index is 2.25. The van der Waals surface area contributed by atoms with E-state index in [4.69, 9.17) is 5.73 Å². The Morgan fingerprint density at radius 1 is 1.21 bits per heavy atom. The van der Waals surface area contributed by atoms with Crippen molar-refractivity contribution >= 4 is 43.2 Å². The number of nitrogens with two attached hydrogens (primary N) is 1. The smallest absolute Gasteiger partial charge is 0.137 e. The molecule has 19 heavy (non-hydrogen) atoms. The lowest BCUT2D eigenvalue weighted by Gasteiger charge is -2.22. The SMILES string of the molecule is CN(Cc1cccc(F)c1Br)c1ccc(Br)cc1N. The zero-order valence-corrected chi connectivity index (χ0v) is 13.5. The molecule has 0 radical (unpaired) electrons. The van der Waals surface area contributed by atoms with E-state index in [0.717, 1.165) is 15.7 Å². The summed E-state index contributed by atoms with van der Waals surface area (Å²) in [5.74, 6) is -0.255. The molecule has 2 aromatic carbocycles. The van der Waals surface area contributed by atoms with Gasteiger partial charge in [0.15, 0.2) is 0 Å². The van der Waals surface area contributed by atoms with Crippen LogP contribution in [-0.2, 0) is 6.54 Å². The van der Waals surface area contributed by atoms with Crippen LogP contribution < -0.4 is 10.6 Å². The van der Waals surface area contributed by atoms with Crippen LogP contribution in [0.3, 0.4) is 0 Å². The van der Waals surface area contributed by atoms with Crippen LogP contribution >= 0.6 is 31.9 Å². The Kier molecular flexibility index (Phi) is 4.47. The molecule has 0 saturated carbocycles. The molecule has 2 N–H and O–H groups in total. The molecule has 0 heterocycles. The topological polar surface area (TPSA) is 29.3 Å². The van der Waals surface area contributed by atoms with E-state index in [9.17, 15) is 4.39 Å². The maximum atomic E-state index is 13.5. The number of hydrogen-bond donors (Lipinski definition) is 1.